The van der Waals surface area contributed by atoms with Crippen LogP contribution in [0.3, 0.4) is 0 Å². The summed E-state index contributed by atoms with van der Waals surface area (Å²) >= 11 is 1.77. The van der Waals surface area contributed by atoms with Crippen LogP contribution >= 0.6 is 11.8 Å². The first-order chi connectivity index (χ1) is 15.2. The molecule has 0 aliphatic carbocycles. The molecule has 2 heterocycles. The fraction of sp³-hybridized carbons (Fsp3) is 0.417. The van der Waals surface area contributed by atoms with Crippen molar-refractivity contribution in [2.45, 2.75) is 25.3 Å². The first kappa shape index (κ1) is 23.5. The molecule has 0 fully saturated rings. The maximum Gasteiger partial charge on any atom is 0.131 e. The summed E-state index contributed by atoms with van der Waals surface area (Å²) in [6.07, 6.45) is 1.84. The van der Waals surface area contributed by atoms with E-state index in [2.05, 4.69) is 16.9 Å². The third kappa shape index (κ3) is 7.18. The molecular weight excluding hydrogens is 412 g/mol. The fourth-order valence-electron chi connectivity index (χ4n) is 3.07. The van der Waals surface area contributed by atoms with E-state index in [9.17, 15) is 0 Å². The van der Waals surface area contributed by atoms with Crippen LogP contribution in [-0.2, 0) is 20.8 Å². The molecule has 0 spiro atoms. The number of methoxy groups -OCH3 is 1. The van der Waals surface area contributed by atoms with Gasteiger partial charge in [-0.2, -0.15) is 0 Å². The number of nitrogens with zero attached hydrogens (tertiary/aromatic N) is 2. The Morgan fingerprint density at radius 2 is 1.71 bits per heavy atom. The van der Waals surface area contributed by atoms with Crippen LogP contribution in [0.1, 0.15) is 17.0 Å². The number of thioether (sulfide) groups is 1. The van der Waals surface area contributed by atoms with Crippen molar-refractivity contribution < 1.29 is 18.9 Å². The Morgan fingerprint density at radius 1 is 0.935 bits per heavy atom. The van der Waals surface area contributed by atoms with Gasteiger partial charge in [0, 0.05) is 41.1 Å². The van der Waals surface area contributed by atoms with E-state index in [1.54, 1.807) is 18.9 Å². The lowest BCUT2D eigenvalue weighted by molar-refractivity contribution is 0.0286. The molecule has 3 aromatic rings. The molecule has 0 radical (unpaired) electrons. The van der Waals surface area contributed by atoms with Gasteiger partial charge in [-0.1, -0.05) is 12.1 Å². The number of aromatic nitrogens is 2. The Kier molecular flexibility index (Phi) is 9.55. The van der Waals surface area contributed by atoms with Crippen molar-refractivity contribution in [1.82, 2.24) is 9.97 Å². The lowest BCUT2D eigenvalue weighted by atomic mass is 10.2. The monoisotopic (exact) mass is 442 g/mol. The standard InChI is InChI=1S/C24H30N2O4S/c1-18-16-23(20-6-4-5-7-21(20)26-18)30-17-22-19(2)24(8-9-25-22)31-15-14-29-13-12-28-11-10-27-3/h4-9,16H,10-15,17H2,1-3H3. The quantitative estimate of drug-likeness (QED) is 0.283. The van der Waals surface area contributed by atoms with Gasteiger partial charge in [-0.15, -0.1) is 11.8 Å². The zero-order valence-corrected chi connectivity index (χ0v) is 19.2. The zero-order chi connectivity index (χ0) is 21.9. The molecule has 6 nitrogen and oxygen atoms in total. The van der Waals surface area contributed by atoms with E-state index in [4.69, 9.17) is 18.9 Å². The smallest absolute Gasteiger partial charge is 0.131 e. The van der Waals surface area contributed by atoms with Crippen LogP contribution in [0.15, 0.2) is 47.5 Å². The number of para-hydroxylation sites is 1. The maximum atomic E-state index is 6.16. The zero-order valence-electron chi connectivity index (χ0n) is 18.4. The topological polar surface area (TPSA) is 62.7 Å². The summed E-state index contributed by atoms with van der Waals surface area (Å²) in [7, 11) is 1.66. The van der Waals surface area contributed by atoms with Crippen molar-refractivity contribution >= 4 is 22.7 Å². The molecule has 0 aliphatic heterocycles. The van der Waals surface area contributed by atoms with Crippen LogP contribution in [0.25, 0.3) is 10.9 Å². The van der Waals surface area contributed by atoms with Crippen LogP contribution in [0.5, 0.6) is 5.75 Å². The van der Waals surface area contributed by atoms with Crippen LogP contribution in [-0.4, -0.2) is 55.9 Å². The number of ether oxygens (including phenoxy) is 4. The Bertz CT molecular complexity index is 967. The van der Waals surface area contributed by atoms with E-state index in [1.807, 2.05) is 49.5 Å². The lowest BCUT2D eigenvalue weighted by Crippen LogP contribution is -2.09. The van der Waals surface area contributed by atoms with Gasteiger partial charge in [0.05, 0.1) is 44.2 Å². The van der Waals surface area contributed by atoms with Crippen molar-refractivity contribution in [2.24, 2.45) is 0 Å². The minimum absolute atomic E-state index is 0.420. The minimum atomic E-state index is 0.420. The molecular formula is C24H30N2O4S. The van der Waals surface area contributed by atoms with Crippen LogP contribution in [0.4, 0.5) is 0 Å². The number of hydrogen-bond acceptors (Lipinski definition) is 7. The highest BCUT2D eigenvalue weighted by Crippen LogP contribution is 2.28. The highest BCUT2D eigenvalue weighted by Gasteiger charge is 2.09. The molecule has 0 amide bonds. The normalized spacial score (nSPS) is 11.2. The molecule has 3 rings (SSSR count). The van der Waals surface area contributed by atoms with Gasteiger partial charge in [-0.3, -0.25) is 9.97 Å². The average molecular weight is 443 g/mol. The lowest BCUT2D eigenvalue weighted by Gasteiger charge is -2.13. The van der Waals surface area contributed by atoms with Gasteiger partial charge in [-0.05, 0) is 37.6 Å². The van der Waals surface area contributed by atoms with Crippen molar-refractivity contribution in [2.75, 3.05) is 45.9 Å². The molecule has 0 atom stereocenters. The summed E-state index contributed by atoms with van der Waals surface area (Å²) in [5, 5.41) is 1.01. The van der Waals surface area contributed by atoms with Gasteiger partial charge in [0.25, 0.3) is 0 Å². The summed E-state index contributed by atoms with van der Waals surface area (Å²) in [5.41, 5.74) is 3.96. The van der Waals surface area contributed by atoms with Crippen LogP contribution in [0.2, 0.25) is 0 Å². The molecule has 0 N–H and O–H groups in total. The van der Waals surface area contributed by atoms with Gasteiger partial charge >= 0.3 is 0 Å². The van der Waals surface area contributed by atoms with Crippen molar-refractivity contribution in [3.05, 3.63) is 59.5 Å². The first-order valence-corrected chi connectivity index (χ1v) is 11.4. The number of benzene rings is 1. The number of fused-ring (bicyclic) bond motifs is 1. The molecule has 0 bridgehead atoms. The molecule has 0 saturated heterocycles. The second-order valence-electron chi connectivity index (χ2n) is 7.01. The largest absolute Gasteiger partial charge is 0.487 e. The van der Waals surface area contributed by atoms with Gasteiger partial charge in [0.15, 0.2) is 0 Å². The van der Waals surface area contributed by atoms with Gasteiger partial charge < -0.3 is 18.9 Å². The predicted octanol–water partition coefficient (Wildman–Crippen LogP) is 4.60. The highest BCUT2D eigenvalue weighted by atomic mass is 32.2. The second-order valence-corrected chi connectivity index (χ2v) is 8.15. The van der Waals surface area contributed by atoms with E-state index in [0.717, 1.165) is 39.4 Å². The number of aryl methyl sites for hydroxylation is 1. The van der Waals surface area contributed by atoms with E-state index in [1.165, 1.54) is 4.90 Å². The molecule has 1 aromatic carbocycles. The second kappa shape index (κ2) is 12.6. The SMILES string of the molecule is COCCOCCOCCSc1ccnc(COc2cc(C)nc3ccccc23)c1C. The molecule has 0 saturated carbocycles. The molecule has 0 unspecified atom stereocenters. The van der Waals surface area contributed by atoms with E-state index >= 15 is 0 Å². The van der Waals surface area contributed by atoms with E-state index in [-0.39, 0.29) is 0 Å². The van der Waals surface area contributed by atoms with Crippen molar-refractivity contribution in [3.8, 4) is 5.75 Å². The summed E-state index contributed by atoms with van der Waals surface area (Å²) in [5.74, 6) is 1.71. The Hall–Kier alpha value is -2.19. The van der Waals surface area contributed by atoms with Gasteiger partial charge in [0.2, 0.25) is 0 Å². The predicted molar refractivity (Wildman–Crippen MR) is 124 cm³/mol. The molecule has 31 heavy (non-hydrogen) atoms. The third-order valence-corrected chi connectivity index (χ3v) is 5.84. The van der Waals surface area contributed by atoms with Gasteiger partial charge in [0.1, 0.15) is 12.4 Å². The minimum Gasteiger partial charge on any atom is -0.487 e. The molecule has 0 aliphatic rings. The van der Waals surface area contributed by atoms with Gasteiger partial charge in [-0.25, -0.2) is 0 Å². The highest BCUT2D eigenvalue weighted by molar-refractivity contribution is 7.99. The molecule has 166 valence electrons. The summed E-state index contributed by atoms with van der Waals surface area (Å²) in [4.78, 5) is 10.3. The Balaban J connectivity index is 1.50. The number of pyridine rings is 2. The van der Waals surface area contributed by atoms with Crippen LogP contribution in [0, 0.1) is 13.8 Å². The molecule has 7 heteroatoms. The Morgan fingerprint density at radius 3 is 2.55 bits per heavy atom. The van der Waals surface area contributed by atoms with Crippen LogP contribution < -0.4 is 4.74 Å². The maximum absolute atomic E-state index is 6.16. The Labute approximate surface area is 188 Å². The summed E-state index contributed by atoms with van der Waals surface area (Å²) in [6, 6.07) is 12.1. The first-order valence-electron chi connectivity index (χ1n) is 10.4. The average Bonchev–Trinajstić information content (AvgIpc) is 2.78. The number of hydrogen-bond donors (Lipinski definition) is 0. The summed E-state index contributed by atoms with van der Waals surface area (Å²) in [6.45, 7) is 7.56. The van der Waals surface area contributed by atoms with E-state index in [0.29, 0.717) is 39.6 Å². The third-order valence-electron chi connectivity index (χ3n) is 4.72. The van der Waals surface area contributed by atoms with Crippen molar-refractivity contribution in [1.29, 1.82) is 0 Å². The molecule has 2 aromatic heterocycles. The summed E-state index contributed by atoms with van der Waals surface area (Å²) < 4.78 is 22.1. The fourth-order valence-corrected chi connectivity index (χ4v) is 3.98. The number of rotatable bonds is 13. The van der Waals surface area contributed by atoms with Crippen molar-refractivity contribution in [3.63, 3.8) is 0 Å². The van der Waals surface area contributed by atoms with E-state index < -0.39 is 0 Å².